The lowest BCUT2D eigenvalue weighted by Crippen LogP contribution is -2.03. The van der Waals surface area contributed by atoms with Crippen LogP contribution in [0.1, 0.15) is 40.5 Å². The van der Waals surface area contributed by atoms with Crippen LogP contribution in [-0.4, -0.2) is 6.21 Å². The molecule has 1 atom stereocenters. The third kappa shape index (κ3) is 6.64. The van der Waals surface area contributed by atoms with E-state index in [2.05, 4.69) is 45.3 Å². The maximum absolute atomic E-state index is 3.94. The molecule has 0 saturated heterocycles. The predicted octanol–water partition coefficient (Wildman–Crippen LogP) is 4.22. The fourth-order valence-corrected chi connectivity index (χ4v) is 1.10. The molecule has 0 aromatic carbocycles. The van der Waals surface area contributed by atoms with Gasteiger partial charge in [0.05, 0.1) is 0 Å². The minimum Gasteiger partial charge on any atom is -0.265 e. The van der Waals surface area contributed by atoms with Gasteiger partial charge in [0.1, 0.15) is 0 Å². The van der Waals surface area contributed by atoms with Crippen LogP contribution in [-0.2, 0) is 0 Å². The van der Waals surface area contributed by atoms with E-state index >= 15 is 0 Å². The van der Waals surface area contributed by atoms with Crippen LogP contribution < -0.4 is 0 Å². The SMILES string of the molecule is C=CN=C/C=C(\C)CCC(C)C(C)C. The number of allylic oxidation sites excluding steroid dienone is 2. The summed E-state index contributed by atoms with van der Waals surface area (Å²) >= 11 is 0. The van der Waals surface area contributed by atoms with Crippen molar-refractivity contribution < 1.29 is 0 Å². The molecule has 0 aromatic heterocycles. The zero-order valence-electron chi connectivity index (χ0n) is 9.96. The molecule has 0 spiro atoms. The standard InChI is InChI=1S/C13H23N/c1-6-14-10-9-12(4)7-8-13(5)11(2)3/h6,9-11,13H,1,7-8H2,2-5H3/b12-9+,14-10?. The first kappa shape index (κ1) is 13.2. The summed E-state index contributed by atoms with van der Waals surface area (Å²) in [6.45, 7) is 12.6. The molecule has 1 nitrogen and oxygen atoms in total. The quantitative estimate of drug-likeness (QED) is 0.560. The molecule has 0 aromatic rings. The second-order valence-corrected chi connectivity index (χ2v) is 4.25. The van der Waals surface area contributed by atoms with Crippen molar-refractivity contribution in [3.8, 4) is 0 Å². The second-order valence-electron chi connectivity index (χ2n) is 4.25. The Hall–Kier alpha value is -0.850. The summed E-state index contributed by atoms with van der Waals surface area (Å²) in [4.78, 5) is 3.94. The summed E-state index contributed by atoms with van der Waals surface area (Å²) in [6.07, 6.45) is 7.86. The molecule has 0 N–H and O–H groups in total. The second kappa shape index (κ2) is 7.54. The molecule has 1 heteroatoms. The largest absolute Gasteiger partial charge is 0.265 e. The molecule has 0 rings (SSSR count). The molecular formula is C13H23N. The molecule has 0 radical (unpaired) electrons. The third-order valence-corrected chi connectivity index (χ3v) is 2.68. The topological polar surface area (TPSA) is 12.4 Å². The van der Waals surface area contributed by atoms with E-state index in [1.807, 2.05) is 6.21 Å². The van der Waals surface area contributed by atoms with Gasteiger partial charge in [-0.3, -0.25) is 4.99 Å². The average molecular weight is 193 g/mol. The fourth-order valence-electron chi connectivity index (χ4n) is 1.10. The summed E-state index contributed by atoms with van der Waals surface area (Å²) in [7, 11) is 0. The summed E-state index contributed by atoms with van der Waals surface area (Å²) in [5.74, 6) is 1.58. The first-order valence-electron chi connectivity index (χ1n) is 5.37. The van der Waals surface area contributed by atoms with Crippen LogP contribution in [0.15, 0.2) is 29.4 Å². The van der Waals surface area contributed by atoms with Crippen molar-refractivity contribution in [2.24, 2.45) is 16.8 Å². The number of hydrogen-bond acceptors (Lipinski definition) is 1. The summed E-state index contributed by atoms with van der Waals surface area (Å²) in [6, 6.07) is 0. The molecule has 0 aliphatic rings. The Morgan fingerprint density at radius 3 is 2.50 bits per heavy atom. The Morgan fingerprint density at radius 2 is 2.00 bits per heavy atom. The minimum atomic E-state index is 0.782. The highest BCUT2D eigenvalue weighted by Gasteiger charge is 2.06. The lowest BCUT2D eigenvalue weighted by atomic mass is 9.92. The highest BCUT2D eigenvalue weighted by Crippen LogP contribution is 2.18. The third-order valence-electron chi connectivity index (χ3n) is 2.68. The van der Waals surface area contributed by atoms with Gasteiger partial charge in [0.15, 0.2) is 0 Å². The zero-order valence-corrected chi connectivity index (χ0v) is 9.96. The van der Waals surface area contributed by atoms with E-state index in [-0.39, 0.29) is 0 Å². The van der Waals surface area contributed by atoms with E-state index in [0.29, 0.717) is 0 Å². The van der Waals surface area contributed by atoms with Gasteiger partial charge in [0, 0.05) is 12.4 Å². The van der Waals surface area contributed by atoms with Gasteiger partial charge < -0.3 is 0 Å². The monoisotopic (exact) mass is 193 g/mol. The van der Waals surface area contributed by atoms with E-state index in [9.17, 15) is 0 Å². The maximum atomic E-state index is 3.94. The molecule has 0 fully saturated rings. The predicted molar refractivity (Wildman–Crippen MR) is 65.7 cm³/mol. The van der Waals surface area contributed by atoms with Crippen LogP contribution in [0.25, 0.3) is 0 Å². The van der Waals surface area contributed by atoms with E-state index in [1.54, 1.807) is 6.20 Å². The molecule has 0 amide bonds. The molecule has 0 bridgehead atoms. The lowest BCUT2D eigenvalue weighted by molar-refractivity contribution is 0.392. The molecule has 80 valence electrons. The highest BCUT2D eigenvalue weighted by atomic mass is 14.6. The van der Waals surface area contributed by atoms with Crippen LogP contribution in [0.5, 0.6) is 0 Å². The van der Waals surface area contributed by atoms with Gasteiger partial charge >= 0.3 is 0 Å². The smallest absolute Gasteiger partial charge is 0.0266 e. The number of aliphatic imine (C=N–C) groups is 1. The molecule has 0 heterocycles. The summed E-state index contributed by atoms with van der Waals surface area (Å²) in [5, 5.41) is 0. The Bertz CT molecular complexity index is 211. The Labute approximate surface area is 88.6 Å². The number of rotatable bonds is 6. The van der Waals surface area contributed by atoms with Crippen LogP contribution in [0.2, 0.25) is 0 Å². The Balaban J connectivity index is 3.83. The number of hydrogen-bond donors (Lipinski definition) is 0. The first-order valence-corrected chi connectivity index (χ1v) is 5.37. The van der Waals surface area contributed by atoms with Gasteiger partial charge in [-0.15, -0.1) is 0 Å². The van der Waals surface area contributed by atoms with Gasteiger partial charge in [-0.1, -0.05) is 32.9 Å². The fraction of sp³-hybridized carbons (Fsp3) is 0.615. The van der Waals surface area contributed by atoms with Crippen LogP contribution in [0.4, 0.5) is 0 Å². The van der Waals surface area contributed by atoms with E-state index in [1.165, 1.54) is 18.4 Å². The van der Waals surface area contributed by atoms with Gasteiger partial charge in [-0.05, 0) is 37.7 Å². The Kier molecular flexibility index (Phi) is 7.09. The molecule has 1 unspecified atom stereocenters. The van der Waals surface area contributed by atoms with Crippen molar-refractivity contribution in [2.75, 3.05) is 0 Å². The van der Waals surface area contributed by atoms with Crippen molar-refractivity contribution in [1.29, 1.82) is 0 Å². The van der Waals surface area contributed by atoms with Gasteiger partial charge in [0.25, 0.3) is 0 Å². The van der Waals surface area contributed by atoms with Crippen molar-refractivity contribution in [3.05, 3.63) is 24.4 Å². The zero-order chi connectivity index (χ0) is 11.0. The van der Waals surface area contributed by atoms with Crippen molar-refractivity contribution in [2.45, 2.75) is 40.5 Å². The van der Waals surface area contributed by atoms with Crippen molar-refractivity contribution >= 4 is 6.21 Å². The first-order chi connectivity index (χ1) is 6.57. The maximum Gasteiger partial charge on any atom is 0.0266 e. The minimum absolute atomic E-state index is 0.782. The van der Waals surface area contributed by atoms with E-state index < -0.39 is 0 Å². The van der Waals surface area contributed by atoms with Crippen LogP contribution >= 0.6 is 0 Å². The highest BCUT2D eigenvalue weighted by molar-refractivity contribution is 5.72. The van der Waals surface area contributed by atoms with Crippen LogP contribution in [0.3, 0.4) is 0 Å². The summed E-state index contributed by atoms with van der Waals surface area (Å²) < 4.78 is 0. The van der Waals surface area contributed by atoms with Crippen molar-refractivity contribution in [3.63, 3.8) is 0 Å². The van der Waals surface area contributed by atoms with Gasteiger partial charge in [-0.25, -0.2) is 0 Å². The Morgan fingerprint density at radius 1 is 1.36 bits per heavy atom. The van der Waals surface area contributed by atoms with Gasteiger partial charge in [-0.2, -0.15) is 0 Å². The molecule has 0 aliphatic carbocycles. The summed E-state index contributed by atoms with van der Waals surface area (Å²) in [5.41, 5.74) is 1.39. The number of nitrogens with zero attached hydrogens (tertiary/aromatic N) is 1. The van der Waals surface area contributed by atoms with Gasteiger partial charge in [0.2, 0.25) is 0 Å². The molecule has 0 aliphatic heterocycles. The van der Waals surface area contributed by atoms with Crippen LogP contribution in [0, 0.1) is 11.8 Å². The molecule has 0 saturated carbocycles. The van der Waals surface area contributed by atoms with Crippen molar-refractivity contribution in [1.82, 2.24) is 0 Å². The lowest BCUT2D eigenvalue weighted by Gasteiger charge is -2.14. The van der Waals surface area contributed by atoms with E-state index in [0.717, 1.165) is 11.8 Å². The molecular weight excluding hydrogens is 170 g/mol. The normalized spacial score (nSPS) is 15.1. The van der Waals surface area contributed by atoms with E-state index in [4.69, 9.17) is 0 Å². The molecule has 14 heavy (non-hydrogen) atoms. The average Bonchev–Trinajstić information content (AvgIpc) is 2.14.